The summed E-state index contributed by atoms with van der Waals surface area (Å²) in [6.07, 6.45) is 0. The lowest BCUT2D eigenvalue weighted by atomic mass is 10.2. The van der Waals surface area contributed by atoms with E-state index in [4.69, 9.17) is 23.2 Å². The average molecular weight is 334 g/mol. The maximum Gasteiger partial charge on any atom is 0.288 e. The lowest BCUT2D eigenvalue weighted by Crippen LogP contribution is -2.02. The second-order valence-corrected chi connectivity index (χ2v) is 5.77. The lowest BCUT2D eigenvalue weighted by molar-refractivity contribution is 0.252. The van der Waals surface area contributed by atoms with E-state index in [1.807, 2.05) is 0 Å². The van der Waals surface area contributed by atoms with Gasteiger partial charge in [-0.15, -0.1) is 0 Å². The molecular formula is C14H11Cl2F2NS. The van der Waals surface area contributed by atoms with Gasteiger partial charge < -0.3 is 5.32 Å². The summed E-state index contributed by atoms with van der Waals surface area (Å²) in [6.45, 7) is 0.374. The first kappa shape index (κ1) is 15.4. The summed E-state index contributed by atoms with van der Waals surface area (Å²) in [6, 6.07) is 12.1. The number of halogens is 4. The molecule has 0 aliphatic carbocycles. The van der Waals surface area contributed by atoms with E-state index in [-0.39, 0.29) is 0 Å². The molecule has 0 fully saturated rings. The fourth-order valence-electron chi connectivity index (χ4n) is 1.70. The minimum Gasteiger partial charge on any atom is -0.380 e. The maximum atomic E-state index is 12.5. The molecule has 0 saturated heterocycles. The zero-order chi connectivity index (χ0) is 14.5. The SMILES string of the molecule is FC(F)Sc1ccccc1NCc1c(Cl)cccc1Cl. The molecule has 106 valence electrons. The molecule has 0 aromatic heterocycles. The van der Waals surface area contributed by atoms with Crippen LogP contribution in [-0.2, 0) is 6.54 Å². The van der Waals surface area contributed by atoms with Gasteiger partial charge in [0, 0.05) is 32.7 Å². The molecule has 1 nitrogen and oxygen atoms in total. The van der Waals surface area contributed by atoms with E-state index in [0.29, 0.717) is 38.9 Å². The first-order chi connectivity index (χ1) is 9.58. The van der Waals surface area contributed by atoms with Crippen LogP contribution in [0.1, 0.15) is 5.56 Å². The molecule has 0 spiro atoms. The number of hydrogen-bond acceptors (Lipinski definition) is 2. The molecule has 0 atom stereocenters. The fourth-order valence-corrected chi connectivity index (χ4v) is 2.84. The highest BCUT2D eigenvalue weighted by atomic mass is 35.5. The molecule has 0 saturated carbocycles. The molecule has 2 rings (SSSR count). The van der Waals surface area contributed by atoms with Gasteiger partial charge >= 0.3 is 0 Å². The Balaban J connectivity index is 2.15. The maximum absolute atomic E-state index is 12.5. The van der Waals surface area contributed by atoms with Crippen molar-refractivity contribution < 1.29 is 8.78 Å². The molecule has 1 N–H and O–H groups in total. The third kappa shape index (κ3) is 4.01. The summed E-state index contributed by atoms with van der Waals surface area (Å²) >= 11 is 12.6. The van der Waals surface area contributed by atoms with Crippen LogP contribution in [0.4, 0.5) is 14.5 Å². The van der Waals surface area contributed by atoms with Gasteiger partial charge in [-0.2, -0.15) is 8.78 Å². The molecule has 0 heterocycles. The Hall–Kier alpha value is -0.970. The predicted molar refractivity (Wildman–Crippen MR) is 82.1 cm³/mol. The monoisotopic (exact) mass is 333 g/mol. The van der Waals surface area contributed by atoms with E-state index in [1.54, 1.807) is 42.5 Å². The number of nitrogens with one attached hydrogen (secondary N) is 1. The Labute approximate surface area is 130 Å². The van der Waals surface area contributed by atoms with Gasteiger partial charge in [-0.05, 0) is 24.3 Å². The van der Waals surface area contributed by atoms with Crippen molar-refractivity contribution in [1.29, 1.82) is 0 Å². The smallest absolute Gasteiger partial charge is 0.288 e. The third-order valence-electron chi connectivity index (χ3n) is 2.62. The van der Waals surface area contributed by atoms with Crippen LogP contribution in [0.2, 0.25) is 10.0 Å². The fraction of sp³-hybridized carbons (Fsp3) is 0.143. The zero-order valence-electron chi connectivity index (χ0n) is 10.2. The number of para-hydroxylation sites is 1. The van der Waals surface area contributed by atoms with Crippen molar-refractivity contribution in [2.24, 2.45) is 0 Å². The van der Waals surface area contributed by atoms with Crippen LogP contribution in [0.15, 0.2) is 47.4 Å². The van der Waals surface area contributed by atoms with Gasteiger partial charge in [0.1, 0.15) is 0 Å². The van der Waals surface area contributed by atoms with Crippen LogP contribution in [0.25, 0.3) is 0 Å². The van der Waals surface area contributed by atoms with E-state index >= 15 is 0 Å². The molecule has 0 aliphatic rings. The molecule has 0 aliphatic heterocycles. The second kappa shape index (κ2) is 7.16. The number of thioether (sulfide) groups is 1. The molecule has 0 amide bonds. The summed E-state index contributed by atoms with van der Waals surface area (Å²) in [4.78, 5) is 0.491. The first-order valence-corrected chi connectivity index (χ1v) is 7.42. The van der Waals surface area contributed by atoms with Crippen molar-refractivity contribution in [1.82, 2.24) is 0 Å². The lowest BCUT2D eigenvalue weighted by Gasteiger charge is -2.13. The van der Waals surface area contributed by atoms with Crippen molar-refractivity contribution in [3.63, 3.8) is 0 Å². The van der Waals surface area contributed by atoms with Crippen LogP contribution in [0, 0.1) is 0 Å². The Kier molecular flexibility index (Phi) is 5.52. The summed E-state index contributed by atoms with van der Waals surface area (Å²) in [5.74, 6) is -2.46. The first-order valence-electron chi connectivity index (χ1n) is 5.78. The van der Waals surface area contributed by atoms with Gasteiger partial charge in [-0.3, -0.25) is 0 Å². The Morgan fingerprint density at radius 1 is 1.00 bits per heavy atom. The Morgan fingerprint density at radius 3 is 2.30 bits per heavy atom. The highest BCUT2D eigenvalue weighted by Gasteiger charge is 2.10. The van der Waals surface area contributed by atoms with E-state index in [0.717, 1.165) is 5.56 Å². The zero-order valence-corrected chi connectivity index (χ0v) is 12.6. The van der Waals surface area contributed by atoms with E-state index in [2.05, 4.69) is 5.32 Å². The summed E-state index contributed by atoms with van der Waals surface area (Å²) in [5, 5.41) is 4.18. The molecule has 0 unspecified atom stereocenters. The number of anilines is 1. The van der Waals surface area contributed by atoms with Crippen LogP contribution < -0.4 is 5.32 Å². The van der Waals surface area contributed by atoms with Crippen LogP contribution in [0.3, 0.4) is 0 Å². The Bertz CT molecular complexity index is 573. The highest BCUT2D eigenvalue weighted by molar-refractivity contribution is 7.99. The summed E-state index contributed by atoms with van der Waals surface area (Å²) in [5.41, 5.74) is 1.38. The molecular weight excluding hydrogens is 323 g/mol. The Morgan fingerprint density at radius 2 is 1.65 bits per heavy atom. The molecule has 2 aromatic carbocycles. The molecule has 20 heavy (non-hydrogen) atoms. The molecule has 2 aromatic rings. The van der Waals surface area contributed by atoms with Crippen molar-refractivity contribution in [3.8, 4) is 0 Å². The minimum atomic E-state index is -2.46. The third-order valence-corrected chi connectivity index (χ3v) is 4.12. The second-order valence-electron chi connectivity index (χ2n) is 3.93. The van der Waals surface area contributed by atoms with Crippen molar-refractivity contribution in [2.75, 3.05) is 5.32 Å². The van der Waals surface area contributed by atoms with Gasteiger partial charge in [-0.1, -0.05) is 53.2 Å². The van der Waals surface area contributed by atoms with Crippen LogP contribution in [-0.4, -0.2) is 5.76 Å². The summed E-state index contributed by atoms with van der Waals surface area (Å²) in [7, 11) is 0. The average Bonchev–Trinajstić information content (AvgIpc) is 2.39. The van der Waals surface area contributed by atoms with E-state index < -0.39 is 5.76 Å². The van der Waals surface area contributed by atoms with Crippen molar-refractivity contribution in [3.05, 3.63) is 58.1 Å². The topological polar surface area (TPSA) is 12.0 Å². The van der Waals surface area contributed by atoms with Gasteiger partial charge in [0.05, 0.1) is 0 Å². The number of rotatable bonds is 5. The molecule has 0 bridgehead atoms. The predicted octanol–water partition coefficient (Wildman–Crippen LogP) is 5.92. The van der Waals surface area contributed by atoms with E-state index in [1.165, 1.54) is 0 Å². The van der Waals surface area contributed by atoms with E-state index in [9.17, 15) is 8.78 Å². The van der Waals surface area contributed by atoms with Gasteiger partial charge in [0.2, 0.25) is 0 Å². The number of hydrogen-bond donors (Lipinski definition) is 1. The minimum absolute atomic E-state index is 0.374. The number of alkyl halides is 2. The molecule has 0 radical (unpaired) electrons. The van der Waals surface area contributed by atoms with Crippen LogP contribution in [0.5, 0.6) is 0 Å². The van der Waals surface area contributed by atoms with Crippen molar-refractivity contribution in [2.45, 2.75) is 17.2 Å². The summed E-state index contributed by atoms with van der Waals surface area (Å²) < 4.78 is 25.0. The van der Waals surface area contributed by atoms with Gasteiger partial charge in [0.25, 0.3) is 5.76 Å². The standard InChI is InChI=1S/C14H11Cl2F2NS/c15-10-4-3-5-11(16)9(10)8-19-12-6-1-2-7-13(12)20-14(17)18/h1-7,14,19H,8H2. The van der Waals surface area contributed by atoms with Crippen molar-refractivity contribution >= 4 is 40.7 Å². The number of benzene rings is 2. The normalized spacial score (nSPS) is 10.8. The van der Waals surface area contributed by atoms with Crippen LogP contribution >= 0.6 is 35.0 Å². The quantitative estimate of drug-likeness (QED) is 0.681. The van der Waals surface area contributed by atoms with Gasteiger partial charge in [-0.25, -0.2) is 0 Å². The van der Waals surface area contributed by atoms with Gasteiger partial charge in [0.15, 0.2) is 0 Å². The molecule has 6 heteroatoms. The largest absolute Gasteiger partial charge is 0.380 e. The highest BCUT2D eigenvalue weighted by Crippen LogP contribution is 2.32.